The zero-order valence-electron chi connectivity index (χ0n) is 14.4. The summed E-state index contributed by atoms with van der Waals surface area (Å²) in [6.45, 7) is 2.66. The van der Waals surface area contributed by atoms with E-state index in [1.54, 1.807) is 6.20 Å². The van der Waals surface area contributed by atoms with Gasteiger partial charge in [-0.05, 0) is 56.3 Å². The van der Waals surface area contributed by atoms with Gasteiger partial charge < -0.3 is 10.6 Å². The minimum atomic E-state index is 0.213. The molecule has 0 radical (unpaired) electrons. The average Bonchev–Trinajstić information content (AvgIpc) is 3.07. The van der Waals surface area contributed by atoms with Gasteiger partial charge >= 0.3 is 0 Å². The van der Waals surface area contributed by atoms with Crippen LogP contribution in [0.3, 0.4) is 0 Å². The Morgan fingerprint density at radius 2 is 1.96 bits per heavy atom. The Balaban J connectivity index is 1.37. The average molecular weight is 331 g/mol. The van der Waals surface area contributed by atoms with E-state index < -0.39 is 0 Å². The minimum Gasteiger partial charge on any atom is -0.342 e. The smallest absolute Gasteiger partial charge is 0.225 e. The highest BCUT2D eigenvalue weighted by Gasteiger charge is 2.42. The highest BCUT2D eigenvalue weighted by Crippen LogP contribution is 2.42. The maximum absolute atomic E-state index is 13.1. The highest BCUT2D eigenvalue weighted by molar-refractivity contribution is 5.79. The van der Waals surface area contributed by atoms with Crippen LogP contribution in [0.25, 0.3) is 0 Å². The molecule has 2 heterocycles. The molecule has 132 valence electrons. The molecule has 6 nitrogen and oxygen atoms in total. The van der Waals surface area contributed by atoms with Crippen LogP contribution < -0.4 is 5.73 Å². The fourth-order valence-electron chi connectivity index (χ4n) is 5.26. The summed E-state index contributed by atoms with van der Waals surface area (Å²) < 4.78 is 1.89. The first-order valence-corrected chi connectivity index (χ1v) is 9.59. The summed E-state index contributed by atoms with van der Waals surface area (Å²) in [5.41, 5.74) is 6.38. The Hall–Kier alpha value is -1.43. The standard InChI is InChI=1S/C18H29N5O/c19-17-14-4-1-5-15(17)10-16(9-14)18(24)22-7-2-3-13(11-22)12-23-8-6-20-21-23/h6,8,13-17H,1-5,7,9-12,19H2. The van der Waals surface area contributed by atoms with Gasteiger partial charge in [-0.3, -0.25) is 9.48 Å². The lowest BCUT2D eigenvalue weighted by Gasteiger charge is -2.45. The van der Waals surface area contributed by atoms with Crippen molar-refractivity contribution in [3.63, 3.8) is 0 Å². The van der Waals surface area contributed by atoms with Crippen molar-refractivity contribution in [1.82, 2.24) is 19.9 Å². The van der Waals surface area contributed by atoms with E-state index >= 15 is 0 Å². The molecule has 3 unspecified atom stereocenters. The number of carbonyl (C=O) groups excluding carboxylic acids is 1. The van der Waals surface area contributed by atoms with Crippen LogP contribution in [0.1, 0.15) is 44.9 Å². The van der Waals surface area contributed by atoms with E-state index in [1.807, 2.05) is 10.9 Å². The van der Waals surface area contributed by atoms with Crippen molar-refractivity contribution in [3.8, 4) is 0 Å². The maximum atomic E-state index is 13.1. The van der Waals surface area contributed by atoms with Crippen LogP contribution in [-0.4, -0.2) is 44.9 Å². The molecule has 1 saturated heterocycles. The molecule has 6 heteroatoms. The lowest BCUT2D eigenvalue weighted by molar-refractivity contribution is -0.140. The number of carbonyl (C=O) groups is 1. The fraction of sp³-hybridized carbons (Fsp3) is 0.833. The number of aromatic nitrogens is 3. The summed E-state index contributed by atoms with van der Waals surface area (Å²) in [6.07, 6.45) is 11.7. The molecule has 3 fully saturated rings. The lowest BCUT2D eigenvalue weighted by Crippen LogP contribution is -2.51. The molecule has 3 aliphatic rings. The Kier molecular flexibility index (Phi) is 4.57. The third-order valence-corrected chi connectivity index (χ3v) is 6.51. The van der Waals surface area contributed by atoms with Crippen LogP contribution in [0.4, 0.5) is 0 Å². The normalized spacial score (nSPS) is 36.5. The third-order valence-electron chi connectivity index (χ3n) is 6.51. The molecule has 2 N–H and O–H groups in total. The molecule has 2 saturated carbocycles. The van der Waals surface area contributed by atoms with Gasteiger partial charge in [0, 0.05) is 37.8 Å². The second kappa shape index (κ2) is 6.82. The van der Waals surface area contributed by atoms with Crippen LogP contribution in [0.5, 0.6) is 0 Å². The van der Waals surface area contributed by atoms with Crippen molar-refractivity contribution in [2.45, 2.75) is 57.5 Å². The number of fused-ring (bicyclic) bond motifs is 2. The van der Waals surface area contributed by atoms with Crippen LogP contribution in [0.2, 0.25) is 0 Å². The van der Waals surface area contributed by atoms with E-state index in [0.717, 1.165) is 38.9 Å². The summed E-state index contributed by atoms with van der Waals surface area (Å²) in [7, 11) is 0. The van der Waals surface area contributed by atoms with Crippen molar-refractivity contribution in [2.24, 2.45) is 29.4 Å². The van der Waals surface area contributed by atoms with E-state index in [2.05, 4.69) is 15.2 Å². The van der Waals surface area contributed by atoms with Gasteiger partial charge in [0.2, 0.25) is 5.91 Å². The lowest BCUT2D eigenvalue weighted by atomic mass is 9.65. The molecule has 24 heavy (non-hydrogen) atoms. The van der Waals surface area contributed by atoms with Crippen molar-refractivity contribution in [3.05, 3.63) is 12.4 Å². The van der Waals surface area contributed by atoms with Crippen molar-refractivity contribution < 1.29 is 4.79 Å². The zero-order chi connectivity index (χ0) is 16.5. The minimum absolute atomic E-state index is 0.213. The molecule has 1 aromatic rings. The van der Waals surface area contributed by atoms with Gasteiger partial charge in [0.25, 0.3) is 0 Å². The molecule has 2 aliphatic carbocycles. The number of hydrogen-bond donors (Lipinski definition) is 1. The van der Waals surface area contributed by atoms with Gasteiger partial charge in [-0.25, -0.2) is 0 Å². The van der Waals surface area contributed by atoms with Gasteiger partial charge in [0.1, 0.15) is 0 Å². The molecule has 4 rings (SSSR count). The molecule has 1 amide bonds. The second-order valence-corrected chi connectivity index (χ2v) is 8.11. The SMILES string of the molecule is NC1C2CCCC1CC(C(=O)N1CCCC(Cn3ccnn3)C1)C2. The molecule has 2 bridgehead atoms. The number of rotatable bonds is 3. The highest BCUT2D eigenvalue weighted by atomic mass is 16.2. The van der Waals surface area contributed by atoms with Crippen LogP contribution >= 0.6 is 0 Å². The van der Waals surface area contributed by atoms with Crippen molar-refractivity contribution in [1.29, 1.82) is 0 Å². The largest absolute Gasteiger partial charge is 0.342 e. The second-order valence-electron chi connectivity index (χ2n) is 8.11. The third kappa shape index (κ3) is 3.21. The Morgan fingerprint density at radius 3 is 2.67 bits per heavy atom. The maximum Gasteiger partial charge on any atom is 0.225 e. The first kappa shape index (κ1) is 16.1. The van der Waals surface area contributed by atoms with Gasteiger partial charge in [0.05, 0.1) is 6.20 Å². The van der Waals surface area contributed by atoms with E-state index in [4.69, 9.17) is 5.73 Å². The van der Waals surface area contributed by atoms with Gasteiger partial charge in [-0.1, -0.05) is 11.6 Å². The van der Waals surface area contributed by atoms with Gasteiger partial charge in [-0.2, -0.15) is 0 Å². The van der Waals surface area contributed by atoms with Crippen LogP contribution in [0, 0.1) is 23.7 Å². The predicted octanol–water partition coefficient (Wildman–Crippen LogP) is 1.67. The number of hydrogen-bond acceptors (Lipinski definition) is 4. The van der Waals surface area contributed by atoms with Crippen molar-refractivity contribution in [2.75, 3.05) is 13.1 Å². The van der Waals surface area contributed by atoms with E-state index in [9.17, 15) is 4.79 Å². The van der Waals surface area contributed by atoms with E-state index in [1.165, 1.54) is 25.7 Å². The monoisotopic (exact) mass is 331 g/mol. The predicted molar refractivity (Wildman–Crippen MR) is 90.9 cm³/mol. The number of nitrogens with zero attached hydrogens (tertiary/aromatic N) is 4. The number of amides is 1. The quantitative estimate of drug-likeness (QED) is 0.914. The van der Waals surface area contributed by atoms with Crippen LogP contribution in [0.15, 0.2) is 12.4 Å². The molecule has 3 atom stereocenters. The topological polar surface area (TPSA) is 77.0 Å². The Morgan fingerprint density at radius 1 is 1.17 bits per heavy atom. The zero-order valence-corrected chi connectivity index (χ0v) is 14.4. The summed E-state index contributed by atoms with van der Waals surface area (Å²) in [5, 5.41) is 7.94. The summed E-state index contributed by atoms with van der Waals surface area (Å²) in [6, 6.07) is 0.337. The first-order chi connectivity index (χ1) is 11.7. The summed E-state index contributed by atoms with van der Waals surface area (Å²) in [5.74, 6) is 2.24. The van der Waals surface area contributed by atoms with Crippen molar-refractivity contribution >= 4 is 5.91 Å². The van der Waals surface area contributed by atoms with Crippen LogP contribution in [-0.2, 0) is 11.3 Å². The number of nitrogens with two attached hydrogens (primary N) is 1. The molecule has 0 spiro atoms. The Bertz CT molecular complexity index is 546. The molecule has 0 aromatic carbocycles. The van der Waals surface area contributed by atoms with Gasteiger partial charge in [-0.15, -0.1) is 5.10 Å². The van der Waals surface area contributed by atoms with E-state index in [0.29, 0.717) is 29.7 Å². The van der Waals surface area contributed by atoms with Gasteiger partial charge in [0.15, 0.2) is 0 Å². The summed E-state index contributed by atoms with van der Waals surface area (Å²) in [4.78, 5) is 15.2. The number of likely N-dealkylation sites (tertiary alicyclic amines) is 1. The van der Waals surface area contributed by atoms with E-state index in [-0.39, 0.29) is 5.92 Å². The molecular weight excluding hydrogens is 302 g/mol. The summed E-state index contributed by atoms with van der Waals surface area (Å²) >= 11 is 0. The molecular formula is C18H29N5O. The fourth-order valence-corrected chi connectivity index (χ4v) is 5.26. The number of piperidine rings is 1. The molecule has 1 aromatic heterocycles. The first-order valence-electron chi connectivity index (χ1n) is 9.59. The Labute approximate surface area is 143 Å². The molecule has 1 aliphatic heterocycles.